The Kier molecular flexibility index (Phi) is 4.26. The molecule has 4 aromatic rings. The smallest absolute Gasteiger partial charge is 0.224 e. The third-order valence-corrected chi connectivity index (χ3v) is 4.57. The molecule has 6 heteroatoms. The number of rotatable bonds is 5. The first-order valence-corrected chi connectivity index (χ1v) is 8.80. The molecule has 0 aliphatic carbocycles. The van der Waals surface area contributed by atoms with Gasteiger partial charge in [0.1, 0.15) is 10.5 Å². The average molecular weight is 349 g/mol. The van der Waals surface area contributed by atoms with Gasteiger partial charge in [0.15, 0.2) is 11.5 Å². The van der Waals surface area contributed by atoms with E-state index in [1.807, 2.05) is 53.9 Å². The van der Waals surface area contributed by atoms with Crippen molar-refractivity contribution < 1.29 is 9.21 Å². The van der Waals surface area contributed by atoms with Crippen LogP contribution in [0.5, 0.6) is 0 Å². The van der Waals surface area contributed by atoms with Crippen molar-refractivity contribution in [1.29, 1.82) is 0 Å². The maximum Gasteiger partial charge on any atom is 0.224 e. The summed E-state index contributed by atoms with van der Waals surface area (Å²) in [5.74, 6) is 0.514. The molecule has 2 aromatic carbocycles. The van der Waals surface area contributed by atoms with Gasteiger partial charge in [0, 0.05) is 35.7 Å². The molecular formula is C19H15N3O2S. The molecule has 0 saturated heterocycles. The summed E-state index contributed by atoms with van der Waals surface area (Å²) in [6.45, 7) is 0. The molecule has 0 aliphatic heterocycles. The second-order valence-electron chi connectivity index (χ2n) is 5.54. The van der Waals surface area contributed by atoms with Crippen molar-refractivity contribution in [2.75, 3.05) is 5.32 Å². The van der Waals surface area contributed by atoms with Crippen LogP contribution in [-0.2, 0) is 11.2 Å². The van der Waals surface area contributed by atoms with Gasteiger partial charge in [0.2, 0.25) is 5.91 Å². The molecule has 5 nitrogen and oxygen atoms in total. The summed E-state index contributed by atoms with van der Waals surface area (Å²) >= 11 is 1.59. The Balaban J connectivity index is 1.35. The SMILES string of the molecule is O=C(CCc1nc2ccccc2o1)Nc1ccc(-c2nccs2)cc1. The van der Waals surface area contributed by atoms with Gasteiger partial charge < -0.3 is 9.73 Å². The van der Waals surface area contributed by atoms with E-state index >= 15 is 0 Å². The number of nitrogens with zero attached hydrogens (tertiary/aromatic N) is 2. The van der Waals surface area contributed by atoms with Gasteiger partial charge in [-0.25, -0.2) is 9.97 Å². The van der Waals surface area contributed by atoms with Crippen LogP contribution in [0.25, 0.3) is 21.7 Å². The summed E-state index contributed by atoms with van der Waals surface area (Å²) in [5, 5.41) is 5.80. The number of para-hydroxylation sites is 2. The number of aromatic nitrogens is 2. The number of aryl methyl sites for hydroxylation is 1. The Morgan fingerprint density at radius 2 is 1.96 bits per heavy atom. The van der Waals surface area contributed by atoms with E-state index in [2.05, 4.69) is 15.3 Å². The van der Waals surface area contributed by atoms with Crippen LogP contribution in [-0.4, -0.2) is 15.9 Å². The van der Waals surface area contributed by atoms with Gasteiger partial charge in [-0.3, -0.25) is 4.79 Å². The van der Waals surface area contributed by atoms with Gasteiger partial charge in [-0.1, -0.05) is 12.1 Å². The summed E-state index contributed by atoms with van der Waals surface area (Å²) in [5.41, 5.74) is 3.37. The van der Waals surface area contributed by atoms with Crippen molar-refractivity contribution in [1.82, 2.24) is 9.97 Å². The lowest BCUT2D eigenvalue weighted by Gasteiger charge is -2.05. The first kappa shape index (κ1) is 15.5. The summed E-state index contributed by atoms with van der Waals surface area (Å²) in [4.78, 5) is 20.8. The van der Waals surface area contributed by atoms with Crippen LogP contribution in [0.4, 0.5) is 5.69 Å². The van der Waals surface area contributed by atoms with Gasteiger partial charge in [-0.2, -0.15) is 0 Å². The Bertz CT molecular complexity index is 958. The minimum Gasteiger partial charge on any atom is -0.441 e. The molecule has 124 valence electrons. The van der Waals surface area contributed by atoms with Crippen molar-refractivity contribution >= 4 is 34.0 Å². The number of thiazole rings is 1. The van der Waals surface area contributed by atoms with E-state index in [0.717, 1.165) is 27.4 Å². The number of hydrogen-bond acceptors (Lipinski definition) is 5. The Labute approximate surface area is 148 Å². The molecule has 2 heterocycles. The number of nitrogens with one attached hydrogen (secondary N) is 1. The Hall–Kier alpha value is -2.99. The van der Waals surface area contributed by atoms with Crippen molar-refractivity contribution in [3.8, 4) is 10.6 Å². The number of carbonyl (C=O) groups excluding carboxylic acids is 1. The molecule has 0 spiro atoms. The summed E-state index contributed by atoms with van der Waals surface area (Å²) in [6.07, 6.45) is 2.57. The zero-order valence-corrected chi connectivity index (χ0v) is 14.1. The molecule has 0 fully saturated rings. The Morgan fingerprint density at radius 1 is 1.12 bits per heavy atom. The topological polar surface area (TPSA) is 68.0 Å². The second-order valence-corrected chi connectivity index (χ2v) is 6.43. The third-order valence-electron chi connectivity index (χ3n) is 3.75. The highest BCUT2D eigenvalue weighted by Crippen LogP contribution is 2.23. The zero-order valence-electron chi connectivity index (χ0n) is 13.3. The molecule has 1 N–H and O–H groups in total. The van der Waals surface area contributed by atoms with Gasteiger partial charge in [0.05, 0.1) is 0 Å². The van der Waals surface area contributed by atoms with E-state index in [4.69, 9.17) is 4.42 Å². The highest BCUT2D eigenvalue weighted by Gasteiger charge is 2.09. The quantitative estimate of drug-likeness (QED) is 0.575. The third kappa shape index (κ3) is 3.59. The molecule has 0 radical (unpaired) electrons. The standard InChI is InChI=1S/C19H15N3O2S/c23-17(9-10-18-22-15-3-1-2-4-16(15)24-18)21-14-7-5-13(6-8-14)19-20-11-12-25-19/h1-8,11-12H,9-10H2,(H,21,23). The number of carbonyl (C=O) groups is 1. The molecule has 25 heavy (non-hydrogen) atoms. The molecular weight excluding hydrogens is 334 g/mol. The largest absolute Gasteiger partial charge is 0.441 e. The lowest BCUT2D eigenvalue weighted by molar-refractivity contribution is -0.116. The zero-order chi connectivity index (χ0) is 17.1. The Morgan fingerprint density at radius 3 is 2.72 bits per heavy atom. The summed E-state index contributed by atoms with van der Waals surface area (Å²) in [6, 6.07) is 15.3. The number of amides is 1. The number of oxazole rings is 1. The molecule has 0 bridgehead atoms. The predicted molar refractivity (Wildman–Crippen MR) is 98.5 cm³/mol. The number of anilines is 1. The molecule has 0 aliphatic rings. The maximum absolute atomic E-state index is 12.1. The minimum absolute atomic E-state index is 0.0655. The minimum atomic E-state index is -0.0655. The lowest BCUT2D eigenvalue weighted by atomic mass is 10.2. The van der Waals surface area contributed by atoms with Crippen LogP contribution in [0.3, 0.4) is 0 Å². The average Bonchev–Trinajstić information content (AvgIpc) is 3.30. The van der Waals surface area contributed by atoms with Crippen LogP contribution in [0.2, 0.25) is 0 Å². The van der Waals surface area contributed by atoms with Gasteiger partial charge >= 0.3 is 0 Å². The van der Waals surface area contributed by atoms with Crippen molar-refractivity contribution in [2.45, 2.75) is 12.8 Å². The fourth-order valence-electron chi connectivity index (χ4n) is 2.53. The monoisotopic (exact) mass is 349 g/mol. The first-order valence-electron chi connectivity index (χ1n) is 7.92. The van der Waals surface area contributed by atoms with Crippen molar-refractivity contribution in [2.24, 2.45) is 0 Å². The van der Waals surface area contributed by atoms with E-state index in [0.29, 0.717) is 18.7 Å². The van der Waals surface area contributed by atoms with Gasteiger partial charge in [-0.15, -0.1) is 11.3 Å². The van der Waals surface area contributed by atoms with Crippen LogP contribution < -0.4 is 5.32 Å². The van der Waals surface area contributed by atoms with Crippen molar-refractivity contribution in [3.63, 3.8) is 0 Å². The molecule has 0 saturated carbocycles. The number of hydrogen-bond donors (Lipinski definition) is 1. The molecule has 0 unspecified atom stereocenters. The van der Waals surface area contributed by atoms with E-state index in [-0.39, 0.29) is 5.91 Å². The predicted octanol–water partition coefficient (Wildman–Crippen LogP) is 4.52. The first-order chi connectivity index (χ1) is 12.3. The number of fused-ring (bicyclic) bond motifs is 1. The van der Waals surface area contributed by atoms with Crippen LogP contribution in [0.1, 0.15) is 12.3 Å². The molecule has 2 aromatic heterocycles. The van der Waals surface area contributed by atoms with Gasteiger partial charge in [0.25, 0.3) is 0 Å². The lowest BCUT2D eigenvalue weighted by Crippen LogP contribution is -2.12. The second kappa shape index (κ2) is 6.86. The van der Waals surface area contributed by atoms with Crippen LogP contribution in [0, 0.1) is 0 Å². The van der Waals surface area contributed by atoms with E-state index < -0.39 is 0 Å². The summed E-state index contributed by atoms with van der Waals surface area (Å²) < 4.78 is 5.63. The van der Waals surface area contributed by atoms with E-state index in [1.54, 1.807) is 17.5 Å². The van der Waals surface area contributed by atoms with Crippen LogP contribution in [0.15, 0.2) is 64.5 Å². The van der Waals surface area contributed by atoms with Gasteiger partial charge in [-0.05, 0) is 36.4 Å². The van der Waals surface area contributed by atoms with E-state index in [9.17, 15) is 4.79 Å². The molecule has 0 atom stereocenters. The fourth-order valence-corrected chi connectivity index (χ4v) is 3.18. The highest BCUT2D eigenvalue weighted by molar-refractivity contribution is 7.13. The normalized spacial score (nSPS) is 10.9. The maximum atomic E-state index is 12.1. The number of benzene rings is 2. The highest BCUT2D eigenvalue weighted by atomic mass is 32.1. The van der Waals surface area contributed by atoms with Crippen LogP contribution >= 0.6 is 11.3 Å². The fraction of sp³-hybridized carbons (Fsp3) is 0.105. The van der Waals surface area contributed by atoms with E-state index in [1.165, 1.54) is 0 Å². The molecule has 1 amide bonds. The summed E-state index contributed by atoms with van der Waals surface area (Å²) in [7, 11) is 0. The van der Waals surface area contributed by atoms with Crippen molar-refractivity contribution in [3.05, 3.63) is 66.0 Å². The molecule has 4 rings (SSSR count).